The molecule has 0 aliphatic carbocycles. The molecule has 4 rings (SSSR count). The van der Waals surface area contributed by atoms with Crippen LogP contribution < -0.4 is 0 Å². The molecule has 1 amide bonds. The molecule has 3 aromatic rings. The molecule has 1 saturated heterocycles. The number of pyridine rings is 1. The van der Waals surface area contributed by atoms with Gasteiger partial charge < -0.3 is 4.74 Å². The number of hydrogen-bond donors (Lipinski definition) is 0. The zero-order chi connectivity index (χ0) is 24.5. The quantitative estimate of drug-likeness (QED) is 0.447. The van der Waals surface area contributed by atoms with Crippen LogP contribution in [0.4, 0.5) is 8.78 Å². The second kappa shape index (κ2) is 9.09. The summed E-state index contributed by atoms with van der Waals surface area (Å²) in [6, 6.07) is 16.0. The average Bonchev–Trinajstić information content (AvgIpc) is 3.13. The smallest absolute Gasteiger partial charge is 0.271 e. The second-order valence-electron chi connectivity index (χ2n) is 8.13. The monoisotopic (exact) mass is 483 g/mol. The van der Waals surface area contributed by atoms with Gasteiger partial charge in [0.25, 0.3) is 5.92 Å². The van der Waals surface area contributed by atoms with Crippen molar-refractivity contribution in [1.29, 1.82) is 5.26 Å². The van der Waals surface area contributed by atoms with E-state index in [4.69, 9.17) is 16.3 Å². The van der Waals surface area contributed by atoms with Crippen LogP contribution in [-0.2, 0) is 9.53 Å². The van der Waals surface area contributed by atoms with Gasteiger partial charge in [0.2, 0.25) is 11.6 Å². The molecule has 0 bridgehead atoms. The molecule has 34 heavy (non-hydrogen) atoms. The van der Waals surface area contributed by atoms with Crippen molar-refractivity contribution in [3.8, 4) is 17.2 Å². The van der Waals surface area contributed by atoms with E-state index in [-0.39, 0.29) is 18.6 Å². The van der Waals surface area contributed by atoms with Crippen molar-refractivity contribution in [2.24, 2.45) is 0 Å². The highest BCUT2D eigenvalue weighted by Crippen LogP contribution is 2.40. The number of nitrogens with zero attached hydrogens (tertiary/aromatic N) is 3. The van der Waals surface area contributed by atoms with E-state index in [0.29, 0.717) is 21.5 Å². The fourth-order valence-corrected chi connectivity index (χ4v) is 4.31. The lowest BCUT2D eigenvalue weighted by Crippen LogP contribution is -2.47. The first-order valence-corrected chi connectivity index (χ1v) is 10.9. The fourth-order valence-electron chi connectivity index (χ4n) is 4.18. The summed E-state index contributed by atoms with van der Waals surface area (Å²) in [5.74, 6) is -4.32. The summed E-state index contributed by atoms with van der Waals surface area (Å²) in [7, 11) is 1.11. The van der Waals surface area contributed by atoms with Crippen LogP contribution in [0.25, 0.3) is 22.0 Å². The summed E-state index contributed by atoms with van der Waals surface area (Å²) >= 11 is 5.97. The molecular weight excluding hydrogens is 464 g/mol. The lowest BCUT2D eigenvalue weighted by Gasteiger charge is -2.29. The summed E-state index contributed by atoms with van der Waals surface area (Å²) in [6.07, 6.45) is 0.0555. The molecule has 0 N–H and O–H groups in total. The third kappa shape index (κ3) is 4.49. The van der Waals surface area contributed by atoms with E-state index in [1.807, 2.05) is 24.3 Å². The van der Waals surface area contributed by atoms with Crippen LogP contribution in [-0.4, -0.2) is 46.9 Å². The van der Waals surface area contributed by atoms with Gasteiger partial charge in [-0.3, -0.25) is 19.5 Å². The third-order valence-corrected chi connectivity index (χ3v) is 6.17. The zero-order valence-corrected chi connectivity index (χ0v) is 19.0. The number of amides is 1. The summed E-state index contributed by atoms with van der Waals surface area (Å²) < 4.78 is 32.9. The number of Topliss-reactive ketones (excluding diaryl/α,β-unsaturated/α-hetero) is 1. The number of nitriles is 1. The van der Waals surface area contributed by atoms with Crippen molar-refractivity contribution in [3.63, 3.8) is 0 Å². The Kier molecular flexibility index (Phi) is 6.34. The van der Waals surface area contributed by atoms with Crippen LogP contribution in [0.15, 0.2) is 54.7 Å². The number of halogens is 3. The van der Waals surface area contributed by atoms with Gasteiger partial charge in [0.15, 0.2) is 5.78 Å². The van der Waals surface area contributed by atoms with Gasteiger partial charge in [0.1, 0.15) is 6.07 Å². The van der Waals surface area contributed by atoms with Gasteiger partial charge in [0, 0.05) is 42.1 Å². The van der Waals surface area contributed by atoms with E-state index < -0.39 is 30.5 Å². The van der Waals surface area contributed by atoms with Crippen molar-refractivity contribution >= 4 is 34.2 Å². The van der Waals surface area contributed by atoms with Gasteiger partial charge >= 0.3 is 0 Å². The summed E-state index contributed by atoms with van der Waals surface area (Å²) in [4.78, 5) is 30.8. The lowest BCUT2D eigenvalue weighted by molar-refractivity contribution is -0.148. The minimum absolute atomic E-state index is 0.212. The van der Waals surface area contributed by atoms with Gasteiger partial charge in [-0.25, -0.2) is 8.78 Å². The number of aromatic nitrogens is 1. The van der Waals surface area contributed by atoms with Crippen molar-refractivity contribution in [2.75, 3.05) is 13.7 Å². The Bertz CT molecular complexity index is 1310. The van der Waals surface area contributed by atoms with Crippen molar-refractivity contribution in [2.45, 2.75) is 30.9 Å². The Hall–Kier alpha value is -3.41. The lowest BCUT2D eigenvalue weighted by atomic mass is 9.97. The predicted molar refractivity (Wildman–Crippen MR) is 122 cm³/mol. The van der Waals surface area contributed by atoms with Crippen LogP contribution in [0.5, 0.6) is 0 Å². The number of ether oxygens (including phenoxy) is 1. The standard InChI is InChI=1S/C25H20ClF2N3O3/c1-34-25(14-29)13-24(27,28)15-31(25)23(33)9-8-22(32)19-10-11-30-21-7-4-17(12-20(19)21)16-2-5-18(26)6-3-16/h2-7,10-12H,8-9,13,15H2,1H3/t25-/m1/s1. The Morgan fingerprint density at radius 1 is 1.15 bits per heavy atom. The van der Waals surface area contributed by atoms with Crippen LogP contribution in [0.1, 0.15) is 29.6 Å². The molecule has 2 heterocycles. The number of rotatable bonds is 6. The van der Waals surface area contributed by atoms with Crippen LogP contribution in [0.3, 0.4) is 0 Å². The van der Waals surface area contributed by atoms with Crippen molar-refractivity contribution in [3.05, 3.63) is 65.3 Å². The molecule has 1 aromatic heterocycles. The summed E-state index contributed by atoms with van der Waals surface area (Å²) in [5, 5.41) is 10.6. The molecule has 2 aromatic carbocycles. The Morgan fingerprint density at radius 2 is 1.85 bits per heavy atom. The molecule has 1 fully saturated rings. The highest BCUT2D eigenvalue weighted by molar-refractivity contribution is 6.30. The van der Waals surface area contributed by atoms with Gasteiger partial charge in [-0.1, -0.05) is 29.8 Å². The summed E-state index contributed by atoms with van der Waals surface area (Å²) in [5.41, 5.74) is 0.711. The van der Waals surface area contributed by atoms with Crippen molar-refractivity contribution in [1.82, 2.24) is 9.88 Å². The van der Waals surface area contributed by atoms with Gasteiger partial charge in [-0.2, -0.15) is 5.26 Å². The number of fused-ring (bicyclic) bond motifs is 1. The third-order valence-electron chi connectivity index (χ3n) is 5.92. The molecule has 1 aliphatic rings. The van der Waals surface area contributed by atoms with E-state index in [1.54, 1.807) is 30.3 Å². The molecular formula is C25H20ClF2N3O3. The Labute approximate surface area is 199 Å². The van der Waals surface area contributed by atoms with Gasteiger partial charge in [-0.05, 0) is 41.5 Å². The van der Waals surface area contributed by atoms with Crippen LogP contribution >= 0.6 is 11.6 Å². The van der Waals surface area contributed by atoms with E-state index >= 15 is 0 Å². The highest BCUT2D eigenvalue weighted by Gasteiger charge is 2.57. The number of likely N-dealkylation sites (tertiary alicyclic amines) is 1. The first-order valence-electron chi connectivity index (χ1n) is 10.5. The first kappa shape index (κ1) is 23.7. The highest BCUT2D eigenvalue weighted by atomic mass is 35.5. The number of benzene rings is 2. The predicted octanol–water partition coefficient (Wildman–Crippen LogP) is 5.25. The molecule has 1 atom stereocenters. The van der Waals surface area contributed by atoms with Crippen LogP contribution in [0, 0.1) is 11.3 Å². The first-order chi connectivity index (χ1) is 16.2. The van der Waals surface area contributed by atoms with Gasteiger partial charge in [-0.15, -0.1) is 0 Å². The molecule has 174 valence electrons. The average molecular weight is 484 g/mol. The largest absolute Gasteiger partial charge is 0.346 e. The molecule has 9 heteroatoms. The molecule has 6 nitrogen and oxygen atoms in total. The minimum atomic E-state index is -3.25. The Balaban J connectivity index is 1.56. The van der Waals surface area contributed by atoms with Gasteiger partial charge in [0.05, 0.1) is 18.5 Å². The van der Waals surface area contributed by atoms with E-state index in [1.165, 1.54) is 6.20 Å². The maximum absolute atomic E-state index is 14.0. The second-order valence-corrected chi connectivity index (χ2v) is 8.57. The number of carbonyl (C=O) groups excluding carboxylic acids is 2. The Morgan fingerprint density at radius 3 is 2.53 bits per heavy atom. The maximum Gasteiger partial charge on any atom is 0.271 e. The van der Waals surface area contributed by atoms with E-state index in [0.717, 1.165) is 23.1 Å². The molecule has 0 spiro atoms. The molecule has 0 radical (unpaired) electrons. The molecule has 0 saturated carbocycles. The number of alkyl halides is 2. The van der Waals surface area contributed by atoms with Crippen molar-refractivity contribution < 1.29 is 23.1 Å². The number of methoxy groups -OCH3 is 1. The van der Waals surface area contributed by atoms with Crippen LogP contribution in [0.2, 0.25) is 5.02 Å². The molecule has 0 unspecified atom stereocenters. The molecule has 1 aliphatic heterocycles. The topological polar surface area (TPSA) is 83.3 Å². The SMILES string of the molecule is CO[C@@]1(C#N)CC(F)(F)CN1C(=O)CCC(=O)c1ccnc2ccc(-c3ccc(Cl)cc3)cc12. The summed E-state index contributed by atoms with van der Waals surface area (Å²) in [6.45, 7) is -0.927. The maximum atomic E-state index is 14.0. The fraction of sp³-hybridized carbons (Fsp3) is 0.280. The number of ketones is 1. The zero-order valence-electron chi connectivity index (χ0n) is 18.2. The minimum Gasteiger partial charge on any atom is -0.346 e. The normalized spacial score (nSPS) is 19.2. The number of carbonyl (C=O) groups is 2. The van der Waals surface area contributed by atoms with E-state index in [9.17, 15) is 23.6 Å². The number of hydrogen-bond acceptors (Lipinski definition) is 5. The van der Waals surface area contributed by atoms with E-state index in [2.05, 4.69) is 4.98 Å².